The molecule has 0 radical (unpaired) electrons. The number of benzene rings is 1. The monoisotopic (exact) mass is 332 g/mol. The molecule has 2 rings (SSSR count). The predicted molar refractivity (Wildman–Crippen MR) is 94.0 cm³/mol. The van der Waals surface area contributed by atoms with Crippen molar-refractivity contribution in [3.05, 3.63) is 51.6 Å². The first-order valence-corrected chi connectivity index (χ1v) is 8.06. The zero-order valence-corrected chi connectivity index (χ0v) is 14.7. The van der Waals surface area contributed by atoms with E-state index < -0.39 is 0 Å². The van der Waals surface area contributed by atoms with Gasteiger partial charge in [-0.2, -0.15) is 5.10 Å². The van der Waals surface area contributed by atoms with Crippen LogP contribution in [0.1, 0.15) is 25.0 Å². The smallest absolute Gasteiger partial charge is 0.271 e. The van der Waals surface area contributed by atoms with Gasteiger partial charge in [-0.05, 0) is 44.3 Å². The molecule has 130 valence electrons. The summed E-state index contributed by atoms with van der Waals surface area (Å²) in [6.45, 7) is 5.26. The largest absolute Gasteiger partial charge is 0.326 e. The van der Waals surface area contributed by atoms with E-state index >= 15 is 0 Å². The highest BCUT2D eigenvalue weighted by Crippen LogP contribution is 2.20. The Morgan fingerprint density at radius 3 is 2.54 bits per heavy atom. The maximum atomic E-state index is 13.7. The third-order valence-corrected chi connectivity index (χ3v) is 3.63. The van der Waals surface area contributed by atoms with E-state index in [1.165, 1.54) is 10.7 Å². The minimum Gasteiger partial charge on any atom is -0.326 e. The molecule has 0 amide bonds. The molecule has 0 atom stereocenters. The van der Waals surface area contributed by atoms with Gasteiger partial charge in [0, 0.05) is 36.3 Å². The van der Waals surface area contributed by atoms with E-state index in [0.29, 0.717) is 35.8 Å². The number of halogens is 1. The van der Waals surface area contributed by atoms with Crippen molar-refractivity contribution in [1.82, 2.24) is 14.7 Å². The number of hydrogen-bond acceptors (Lipinski definition) is 4. The zero-order chi connectivity index (χ0) is 17.9. The van der Waals surface area contributed by atoms with E-state index in [1.807, 2.05) is 32.8 Å². The fourth-order valence-electron chi connectivity index (χ4n) is 2.55. The molecule has 2 aromatic rings. The van der Waals surface area contributed by atoms with Gasteiger partial charge in [-0.1, -0.05) is 13.8 Å². The van der Waals surface area contributed by atoms with Crippen LogP contribution < -0.4 is 11.3 Å². The SMILES string of the molecule is CC(C)Cn1nc(-c2ccc(F)c(CN)c2)cc(CN(C)C)c1=O. The van der Waals surface area contributed by atoms with Gasteiger partial charge in [0.05, 0.1) is 5.69 Å². The van der Waals surface area contributed by atoms with Crippen molar-refractivity contribution in [2.45, 2.75) is 33.5 Å². The summed E-state index contributed by atoms with van der Waals surface area (Å²) in [5.74, 6) is -0.0317. The number of nitrogens with zero attached hydrogens (tertiary/aromatic N) is 3. The van der Waals surface area contributed by atoms with Gasteiger partial charge in [0.2, 0.25) is 0 Å². The summed E-state index contributed by atoms with van der Waals surface area (Å²) in [6, 6.07) is 6.54. The molecule has 2 N–H and O–H groups in total. The van der Waals surface area contributed by atoms with E-state index in [0.717, 1.165) is 5.56 Å². The van der Waals surface area contributed by atoms with E-state index in [4.69, 9.17) is 5.73 Å². The second-order valence-electron chi connectivity index (χ2n) is 6.68. The summed E-state index contributed by atoms with van der Waals surface area (Å²) in [7, 11) is 3.83. The molecular weight excluding hydrogens is 307 g/mol. The Morgan fingerprint density at radius 1 is 1.25 bits per heavy atom. The molecule has 0 aliphatic heterocycles. The van der Waals surface area contributed by atoms with Crippen LogP contribution in [0, 0.1) is 11.7 Å². The highest BCUT2D eigenvalue weighted by molar-refractivity contribution is 5.60. The first-order chi connectivity index (χ1) is 11.3. The Balaban J connectivity index is 2.58. The molecule has 5 nitrogen and oxygen atoms in total. The molecule has 0 aliphatic carbocycles. The van der Waals surface area contributed by atoms with Gasteiger partial charge in [0.25, 0.3) is 5.56 Å². The molecule has 0 fully saturated rings. The van der Waals surface area contributed by atoms with Gasteiger partial charge >= 0.3 is 0 Å². The predicted octanol–water partition coefficient (Wildman–Crippen LogP) is 2.23. The summed E-state index contributed by atoms with van der Waals surface area (Å²) in [4.78, 5) is 14.5. The van der Waals surface area contributed by atoms with Crippen LogP contribution in [-0.4, -0.2) is 28.8 Å². The quantitative estimate of drug-likeness (QED) is 0.881. The average molecular weight is 332 g/mol. The van der Waals surface area contributed by atoms with Gasteiger partial charge in [-0.25, -0.2) is 9.07 Å². The standard InChI is InChI=1S/C18H25FN4O/c1-12(2)10-23-18(24)15(11-22(3)4)8-17(21-23)13-5-6-16(19)14(7-13)9-20/h5-8,12H,9-11,20H2,1-4H3. The van der Waals surface area contributed by atoms with E-state index in [2.05, 4.69) is 5.10 Å². The Kier molecular flexibility index (Phi) is 5.85. The van der Waals surface area contributed by atoms with Crippen LogP contribution >= 0.6 is 0 Å². The molecule has 0 unspecified atom stereocenters. The second kappa shape index (κ2) is 7.68. The Hall–Kier alpha value is -2.05. The van der Waals surface area contributed by atoms with Crippen LogP contribution in [0.4, 0.5) is 4.39 Å². The average Bonchev–Trinajstić information content (AvgIpc) is 2.50. The molecule has 1 aromatic carbocycles. The van der Waals surface area contributed by atoms with Crippen molar-refractivity contribution in [3.8, 4) is 11.3 Å². The zero-order valence-electron chi connectivity index (χ0n) is 14.7. The molecule has 24 heavy (non-hydrogen) atoms. The fourth-order valence-corrected chi connectivity index (χ4v) is 2.55. The summed E-state index contributed by atoms with van der Waals surface area (Å²) in [6.07, 6.45) is 0. The second-order valence-corrected chi connectivity index (χ2v) is 6.68. The van der Waals surface area contributed by atoms with Gasteiger partial charge in [0.1, 0.15) is 5.82 Å². The molecule has 0 spiro atoms. The fraction of sp³-hybridized carbons (Fsp3) is 0.444. The lowest BCUT2D eigenvalue weighted by atomic mass is 10.1. The third-order valence-electron chi connectivity index (χ3n) is 3.63. The van der Waals surface area contributed by atoms with Crippen molar-refractivity contribution in [2.75, 3.05) is 14.1 Å². The maximum Gasteiger partial charge on any atom is 0.271 e. The number of aromatic nitrogens is 2. The summed E-state index contributed by atoms with van der Waals surface area (Å²) >= 11 is 0. The van der Waals surface area contributed by atoms with Crippen molar-refractivity contribution in [2.24, 2.45) is 11.7 Å². The lowest BCUT2D eigenvalue weighted by Crippen LogP contribution is -2.30. The highest BCUT2D eigenvalue weighted by Gasteiger charge is 2.13. The third kappa shape index (κ3) is 4.27. The highest BCUT2D eigenvalue weighted by atomic mass is 19.1. The van der Waals surface area contributed by atoms with Crippen molar-refractivity contribution in [3.63, 3.8) is 0 Å². The van der Waals surface area contributed by atoms with Crippen molar-refractivity contribution >= 4 is 0 Å². The molecule has 6 heteroatoms. The van der Waals surface area contributed by atoms with E-state index in [9.17, 15) is 9.18 Å². The minimum atomic E-state index is -0.328. The van der Waals surface area contributed by atoms with Gasteiger partial charge < -0.3 is 10.6 Å². The molecule has 0 aliphatic rings. The number of hydrogen-bond donors (Lipinski definition) is 1. The Morgan fingerprint density at radius 2 is 1.96 bits per heavy atom. The lowest BCUT2D eigenvalue weighted by molar-refractivity contribution is 0.392. The molecule has 0 saturated carbocycles. The van der Waals surface area contributed by atoms with Gasteiger partial charge in [-0.15, -0.1) is 0 Å². The molecule has 0 bridgehead atoms. The van der Waals surface area contributed by atoms with E-state index in [1.54, 1.807) is 18.2 Å². The van der Waals surface area contributed by atoms with Crippen LogP contribution in [0.2, 0.25) is 0 Å². The van der Waals surface area contributed by atoms with Crippen molar-refractivity contribution in [1.29, 1.82) is 0 Å². The Bertz CT molecular complexity index is 734. The van der Waals surface area contributed by atoms with E-state index in [-0.39, 0.29) is 17.9 Å². The summed E-state index contributed by atoms with van der Waals surface area (Å²) < 4.78 is 15.2. The van der Waals surface area contributed by atoms with Gasteiger partial charge in [-0.3, -0.25) is 4.79 Å². The topological polar surface area (TPSA) is 64.2 Å². The first kappa shape index (κ1) is 18.3. The number of rotatable bonds is 6. The molecule has 1 heterocycles. The summed E-state index contributed by atoms with van der Waals surface area (Å²) in [5, 5.41) is 4.48. The van der Waals surface area contributed by atoms with Crippen LogP contribution in [0.15, 0.2) is 29.1 Å². The minimum absolute atomic E-state index is 0.0812. The van der Waals surface area contributed by atoms with Crippen LogP contribution in [0.5, 0.6) is 0 Å². The van der Waals surface area contributed by atoms with Crippen LogP contribution in [-0.2, 0) is 19.6 Å². The molecule has 1 aromatic heterocycles. The normalized spacial score (nSPS) is 11.5. The Labute approximate surface area is 141 Å². The van der Waals surface area contributed by atoms with Gasteiger partial charge in [0.15, 0.2) is 0 Å². The van der Waals surface area contributed by atoms with Crippen LogP contribution in [0.3, 0.4) is 0 Å². The molecule has 0 saturated heterocycles. The lowest BCUT2D eigenvalue weighted by Gasteiger charge is -2.15. The summed E-state index contributed by atoms with van der Waals surface area (Å²) in [5.41, 5.74) is 8.03. The first-order valence-electron chi connectivity index (χ1n) is 8.06. The molecular formula is C18H25FN4O. The maximum absolute atomic E-state index is 13.7. The number of nitrogens with two attached hydrogens (primary N) is 1. The van der Waals surface area contributed by atoms with Crippen molar-refractivity contribution < 1.29 is 4.39 Å². The van der Waals surface area contributed by atoms with Crippen LogP contribution in [0.25, 0.3) is 11.3 Å².